The molecule has 0 saturated carbocycles. The molecular formula is C13H11N3OS3. The minimum atomic E-state index is -0.139. The molecule has 102 valence electrons. The first-order valence-electron chi connectivity index (χ1n) is 5.88. The molecule has 1 amide bonds. The highest BCUT2D eigenvalue weighted by Crippen LogP contribution is 2.29. The van der Waals surface area contributed by atoms with Gasteiger partial charge in [0.2, 0.25) is 0 Å². The van der Waals surface area contributed by atoms with Gasteiger partial charge in [0.1, 0.15) is 4.88 Å². The van der Waals surface area contributed by atoms with Crippen LogP contribution in [0.2, 0.25) is 0 Å². The highest BCUT2D eigenvalue weighted by molar-refractivity contribution is 7.16. The molecule has 0 fully saturated rings. The van der Waals surface area contributed by atoms with E-state index in [4.69, 9.17) is 0 Å². The SMILES string of the molecule is Cc1nc(C)c(C(=O)Nc2nc(-c3cccs3)cs2)s1. The molecule has 0 unspecified atom stereocenters. The number of aromatic nitrogens is 2. The molecule has 0 aliphatic rings. The number of aryl methyl sites for hydroxylation is 2. The zero-order valence-electron chi connectivity index (χ0n) is 10.8. The highest BCUT2D eigenvalue weighted by atomic mass is 32.1. The Morgan fingerprint density at radius 2 is 2.10 bits per heavy atom. The summed E-state index contributed by atoms with van der Waals surface area (Å²) in [6, 6.07) is 4.00. The number of thiazole rings is 2. The molecule has 0 bridgehead atoms. The van der Waals surface area contributed by atoms with E-state index in [0.29, 0.717) is 10.0 Å². The van der Waals surface area contributed by atoms with E-state index in [1.54, 1.807) is 11.3 Å². The maximum Gasteiger partial charge on any atom is 0.269 e. The van der Waals surface area contributed by atoms with Crippen LogP contribution in [0.3, 0.4) is 0 Å². The Morgan fingerprint density at radius 3 is 2.75 bits per heavy atom. The number of hydrogen-bond donors (Lipinski definition) is 1. The largest absolute Gasteiger partial charge is 0.297 e. The summed E-state index contributed by atoms with van der Waals surface area (Å²) in [4.78, 5) is 22.6. The van der Waals surface area contributed by atoms with E-state index in [0.717, 1.165) is 21.3 Å². The maximum absolute atomic E-state index is 12.2. The van der Waals surface area contributed by atoms with Crippen LogP contribution in [0.25, 0.3) is 10.6 Å². The Labute approximate surface area is 128 Å². The highest BCUT2D eigenvalue weighted by Gasteiger charge is 2.15. The number of carbonyl (C=O) groups is 1. The van der Waals surface area contributed by atoms with Crippen LogP contribution in [0.4, 0.5) is 5.13 Å². The monoisotopic (exact) mass is 321 g/mol. The summed E-state index contributed by atoms with van der Waals surface area (Å²) in [5.74, 6) is -0.139. The Bertz CT molecular complexity index is 743. The fraction of sp³-hybridized carbons (Fsp3) is 0.154. The summed E-state index contributed by atoms with van der Waals surface area (Å²) in [6.45, 7) is 3.74. The van der Waals surface area contributed by atoms with E-state index in [1.165, 1.54) is 22.7 Å². The third kappa shape index (κ3) is 2.65. The summed E-state index contributed by atoms with van der Waals surface area (Å²) >= 11 is 4.47. The van der Waals surface area contributed by atoms with E-state index in [-0.39, 0.29) is 5.91 Å². The van der Waals surface area contributed by atoms with Crippen molar-refractivity contribution < 1.29 is 4.79 Å². The molecule has 3 rings (SSSR count). The first-order valence-corrected chi connectivity index (χ1v) is 8.46. The van der Waals surface area contributed by atoms with Crippen molar-refractivity contribution >= 4 is 45.0 Å². The van der Waals surface area contributed by atoms with Crippen molar-refractivity contribution in [2.24, 2.45) is 0 Å². The number of carbonyl (C=O) groups excluding carboxylic acids is 1. The van der Waals surface area contributed by atoms with Gasteiger partial charge in [-0.25, -0.2) is 9.97 Å². The molecule has 3 heterocycles. The molecule has 3 aromatic rings. The lowest BCUT2D eigenvalue weighted by molar-refractivity contribution is 0.103. The first kappa shape index (κ1) is 13.4. The van der Waals surface area contributed by atoms with Crippen LogP contribution in [0.15, 0.2) is 22.9 Å². The van der Waals surface area contributed by atoms with Crippen molar-refractivity contribution in [3.05, 3.63) is 38.5 Å². The lowest BCUT2D eigenvalue weighted by Crippen LogP contribution is -2.11. The molecule has 0 saturated heterocycles. The summed E-state index contributed by atoms with van der Waals surface area (Å²) in [6.07, 6.45) is 0. The Balaban J connectivity index is 1.78. The minimum Gasteiger partial charge on any atom is -0.297 e. The molecule has 0 radical (unpaired) electrons. The van der Waals surface area contributed by atoms with Gasteiger partial charge < -0.3 is 0 Å². The number of hydrogen-bond acceptors (Lipinski definition) is 6. The normalized spacial score (nSPS) is 10.7. The van der Waals surface area contributed by atoms with Crippen LogP contribution in [-0.4, -0.2) is 15.9 Å². The predicted molar refractivity (Wildman–Crippen MR) is 85.0 cm³/mol. The standard InChI is InChI=1S/C13H11N3OS3/c1-7-11(20-8(2)14-7)12(17)16-13-15-9(6-19-13)10-4-3-5-18-10/h3-6H,1-2H3,(H,15,16,17). The van der Waals surface area contributed by atoms with Crippen LogP contribution < -0.4 is 5.32 Å². The molecule has 3 aromatic heterocycles. The number of amides is 1. The Hall–Kier alpha value is -1.57. The fourth-order valence-corrected chi connectivity index (χ4v) is 4.05. The van der Waals surface area contributed by atoms with Gasteiger partial charge in [-0.2, -0.15) is 0 Å². The topological polar surface area (TPSA) is 54.9 Å². The van der Waals surface area contributed by atoms with Crippen LogP contribution in [0, 0.1) is 13.8 Å². The third-order valence-corrected chi connectivity index (χ3v) is 5.33. The van der Waals surface area contributed by atoms with E-state index in [2.05, 4.69) is 15.3 Å². The summed E-state index contributed by atoms with van der Waals surface area (Å²) in [5.41, 5.74) is 1.66. The van der Waals surface area contributed by atoms with Gasteiger partial charge >= 0.3 is 0 Å². The second kappa shape index (κ2) is 5.43. The van der Waals surface area contributed by atoms with Crippen molar-refractivity contribution in [3.63, 3.8) is 0 Å². The van der Waals surface area contributed by atoms with Crippen LogP contribution in [0.5, 0.6) is 0 Å². The molecule has 4 nitrogen and oxygen atoms in total. The van der Waals surface area contributed by atoms with Gasteiger partial charge in [-0.3, -0.25) is 10.1 Å². The van der Waals surface area contributed by atoms with Gasteiger partial charge in [0.15, 0.2) is 5.13 Å². The Kier molecular flexibility index (Phi) is 3.64. The van der Waals surface area contributed by atoms with E-state index >= 15 is 0 Å². The number of rotatable bonds is 3. The lowest BCUT2D eigenvalue weighted by Gasteiger charge is -1.98. The average molecular weight is 321 g/mol. The van der Waals surface area contributed by atoms with E-state index in [9.17, 15) is 4.79 Å². The van der Waals surface area contributed by atoms with Crippen molar-refractivity contribution in [2.45, 2.75) is 13.8 Å². The molecule has 0 aromatic carbocycles. The predicted octanol–water partition coefficient (Wildman–Crippen LogP) is 4.20. The quantitative estimate of drug-likeness (QED) is 0.786. The van der Waals surface area contributed by atoms with Gasteiger partial charge in [0, 0.05) is 5.38 Å². The molecular weight excluding hydrogens is 310 g/mol. The third-order valence-electron chi connectivity index (χ3n) is 2.61. The first-order chi connectivity index (χ1) is 9.63. The smallest absolute Gasteiger partial charge is 0.269 e. The van der Waals surface area contributed by atoms with Gasteiger partial charge in [0.25, 0.3) is 5.91 Å². The van der Waals surface area contributed by atoms with Crippen LogP contribution in [0.1, 0.15) is 20.4 Å². The van der Waals surface area contributed by atoms with Crippen molar-refractivity contribution in [3.8, 4) is 10.6 Å². The number of nitrogens with one attached hydrogen (secondary N) is 1. The molecule has 0 atom stereocenters. The van der Waals surface area contributed by atoms with E-state index < -0.39 is 0 Å². The van der Waals surface area contributed by atoms with Crippen LogP contribution in [-0.2, 0) is 0 Å². The van der Waals surface area contributed by atoms with Crippen molar-refractivity contribution in [1.82, 2.24) is 9.97 Å². The number of nitrogens with zero attached hydrogens (tertiary/aromatic N) is 2. The van der Waals surface area contributed by atoms with Crippen molar-refractivity contribution in [2.75, 3.05) is 5.32 Å². The zero-order valence-corrected chi connectivity index (χ0v) is 13.3. The second-order valence-corrected chi connectivity index (χ2v) is 7.13. The van der Waals surface area contributed by atoms with E-state index in [1.807, 2.05) is 36.7 Å². The molecule has 0 aliphatic heterocycles. The number of anilines is 1. The minimum absolute atomic E-state index is 0.139. The van der Waals surface area contributed by atoms with Gasteiger partial charge in [-0.1, -0.05) is 6.07 Å². The van der Waals surface area contributed by atoms with Gasteiger partial charge in [0.05, 0.1) is 21.3 Å². The second-order valence-electron chi connectivity index (χ2n) is 4.12. The lowest BCUT2D eigenvalue weighted by atomic mass is 10.4. The molecule has 20 heavy (non-hydrogen) atoms. The zero-order chi connectivity index (χ0) is 14.1. The summed E-state index contributed by atoms with van der Waals surface area (Å²) in [7, 11) is 0. The fourth-order valence-electron chi connectivity index (χ4n) is 1.76. The number of thiophene rings is 1. The summed E-state index contributed by atoms with van der Waals surface area (Å²) < 4.78 is 0. The Morgan fingerprint density at radius 1 is 1.25 bits per heavy atom. The van der Waals surface area contributed by atoms with Gasteiger partial charge in [-0.15, -0.1) is 34.0 Å². The molecule has 0 aliphatic carbocycles. The molecule has 0 spiro atoms. The molecule has 7 heteroatoms. The van der Waals surface area contributed by atoms with Crippen LogP contribution >= 0.6 is 34.0 Å². The maximum atomic E-state index is 12.2. The van der Waals surface area contributed by atoms with Gasteiger partial charge in [-0.05, 0) is 25.3 Å². The average Bonchev–Trinajstić information content (AvgIpc) is 3.09. The molecule has 1 N–H and O–H groups in total. The van der Waals surface area contributed by atoms with Crippen molar-refractivity contribution in [1.29, 1.82) is 0 Å². The summed E-state index contributed by atoms with van der Waals surface area (Å²) in [5, 5.41) is 8.31.